The fraction of sp³-hybridized carbons (Fsp3) is 0.625. The molecule has 2 heteroatoms. The molecule has 2 nitrogen and oxygen atoms in total. The normalized spacial score (nSPS) is 12.8. The highest BCUT2D eigenvalue weighted by atomic mass is 14.8. The van der Waals surface area contributed by atoms with Gasteiger partial charge in [-0.05, 0) is 13.3 Å². The Labute approximate surface area is 62.8 Å². The number of nitrogens with two attached hydrogens (primary N) is 1. The van der Waals surface area contributed by atoms with Crippen LogP contribution in [0.3, 0.4) is 0 Å². The van der Waals surface area contributed by atoms with Gasteiger partial charge in [-0.2, -0.15) is 0 Å². The number of hydrogen-bond acceptors (Lipinski definition) is 1. The summed E-state index contributed by atoms with van der Waals surface area (Å²) in [6.45, 7) is 3.95. The van der Waals surface area contributed by atoms with Crippen molar-refractivity contribution in [1.82, 2.24) is 0 Å². The van der Waals surface area contributed by atoms with Gasteiger partial charge in [0.15, 0.2) is 0 Å². The largest absolute Gasteiger partial charge is 0.387 e. The van der Waals surface area contributed by atoms with Crippen molar-refractivity contribution in [3.05, 3.63) is 12.3 Å². The van der Waals surface area contributed by atoms with Crippen molar-refractivity contribution in [3.63, 3.8) is 0 Å². The molecule has 0 radical (unpaired) electrons. The fourth-order valence-electron chi connectivity index (χ4n) is 0.567. The maximum Gasteiger partial charge on any atom is 0.0957 e. The summed E-state index contributed by atoms with van der Waals surface area (Å²) in [5.74, 6) is 0.618. The first kappa shape index (κ1) is 9.21. The quantitative estimate of drug-likeness (QED) is 0.362. The second-order valence-corrected chi connectivity index (χ2v) is 2.30. The lowest BCUT2D eigenvalue weighted by Crippen LogP contribution is -2.03. The lowest BCUT2D eigenvalue weighted by Gasteiger charge is -1.86. The summed E-state index contributed by atoms with van der Waals surface area (Å²) in [6.07, 6.45) is 7.38. The van der Waals surface area contributed by atoms with E-state index in [1.807, 2.05) is 6.08 Å². The van der Waals surface area contributed by atoms with E-state index in [4.69, 9.17) is 5.73 Å². The Bertz CT molecular complexity index is 121. The summed E-state index contributed by atoms with van der Waals surface area (Å²) < 4.78 is 0. The highest BCUT2D eigenvalue weighted by Gasteiger charge is 1.76. The molecule has 0 saturated heterocycles. The van der Waals surface area contributed by atoms with Crippen LogP contribution in [0.1, 0.15) is 33.1 Å². The van der Waals surface area contributed by atoms with Crippen molar-refractivity contribution in [2.75, 3.05) is 0 Å². The molecule has 0 unspecified atom stereocenters. The molecule has 0 rings (SSSR count). The second kappa shape index (κ2) is 6.33. The van der Waals surface area contributed by atoms with Crippen LogP contribution in [0.5, 0.6) is 0 Å². The van der Waals surface area contributed by atoms with E-state index in [9.17, 15) is 0 Å². The van der Waals surface area contributed by atoms with Crippen molar-refractivity contribution in [2.45, 2.75) is 33.1 Å². The topological polar surface area (TPSA) is 38.4 Å². The van der Waals surface area contributed by atoms with Crippen LogP contribution in [0.2, 0.25) is 0 Å². The Morgan fingerprint density at radius 3 is 2.80 bits per heavy atom. The van der Waals surface area contributed by atoms with Crippen LogP contribution in [0.25, 0.3) is 0 Å². The van der Waals surface area contributed by atoms with E-state index in [-0.39, 0.29) is 0 Å². The fourth-order valence-corrected chi connectivity index (χ4v) is 0.567. The molecule has 0 amide bonds. The predicted octanol–water partition coefficient (Wildman–Crippen LogP) is 2.07. The summed E-state index contributed by atoms with van der Waals surface area (Å²) >= 11 is 0. The Morgan fingerprint density at radius 2 is 2.30 bits per heavy atom. The van der Waals surface area contributed by atoms with E-state index in [1.54, 1.807) is 13.1 Å². The van der Waals surface area contributed by atoms with Gasteiger partial charge in [0.05, 0.1) is 5.84 Å². The summed E-state index contributed by atoms with van der Waals surface area (Å²) in [5.41, 5.74) is 5.31. The average Bonchev–Trinajstić information content (AvgIpc) is 1.87. The van der Waals surface area contributed by atoms with Crippen LogP contribution in [0.4, 0.5) is 0 Å². The summed E-state index contributed by atoms with van der Waals surface area (Å²) in [7, 11) is 0. The molecule has 10 heavy (non-hydrogen) atoms. The molecular formula is C8H16N2. The maximum absolute atomic E-state index is 5.31. The van der Waals surface area contributed by atoms with Crippen LogP contribution in [0, 0.1) is 0 Å². The summed E-state index contributed by atoms with van der Waals surface area (Å²) in [4.78, 5) is 3.91. The Hall–Kier alpha value is -0.790. The van der Waals surface area contributed by atoms with E-state index in [1.165, 1.54) is 12.8 Å². The third-order valence-electron chi connectivity index (χ3n) is 1.11. The number of unbranched alkanes of at least 4 members (excludes halogenated alkanes) is 2. The number of hydrogen-bond donors (Lipinski definition) is 1. The lowest BCUT2D eigenvalue weighted by atomic mass is 10.2. The predicted molar refractivity (Wildman–Crippen MR) is 46.0 cm³/mol. The number of nitrogens with zero attached hydrogens (tertiary/aromatic N) is 1. The van der Waals surface area contributed by atoms with E-state index < -0.39 is 0 Å². The smallest absolute Gasteiger partial charge is 0.0957 e. The minimum atomic E-state index is 0.618. The SMILES string of the molecule is CCCC/C=C\N=C(C)N. The minimum Gasteiger partial charge on any atom is -0.387 e. The molecule has 2 N–H and O–H groups in total. The zero-order valence-electron chi connectivity index (χ0n) is 6.80. The standard InChI is InChI=1S/C8H16N2/c1-3-4-5-6-7-10-8(2)9/h6-7H,3-5H2,1-2H3,(H2,9,10)/b7-6-. The zero-order chi connectivity index (χ0) is 7.82. The van der Waals surface area contributed by atoms with Gasteiger partial charge in [-0.15, -0.1) is 0 Å². The van der Waals surface area contributed by atoms with Gasteiger partial charge < -0.3 is 5.73 Å². The van der Waals surface area contributed by atoms with Crippen molar-refractivity contribution in [2.24, 2.45) is 10.7 Å². The number of amidine groups is 1. The van der Waals surface area contributed by atoms with Crippen LogP contribution in [0.15, 0.2) is 17.3 Å². The van der Waals surface area contributed by atoms with Crippen molar-refractivity contribution >= 4 is 5.84 Å². The number of aliphatic imine (C=N–C) groups is 1. The summed E-state index contributed by atoms with van der Waals surface area (Å²) in [5, 5.41) is 0. The average molecular weight is 140 g/mol. The monoisotopic (exact) mass is 140 g/mol. The van der Waals surface area contributed by atoms with Gasteiger partial charge in [0.2, 0.25) is 0 Å². The first-order valence-corrected chi connectivity index (χ1v) is 3.72. The molecule has 0 aliphatic heterocycles. The first-order chi connectivity index (χ1) is 4.77. The van der Waals surface area contributed by atoms with E-state index in [2.05, 4.69) is 11.9 Å². The molecule has 0 atom stereocenters. The van der Waals surface area contributed by atoms with Crippen LogP contribution >= 0.6 is 0 Å². The van der Waals surface area contributed by atoms with Crippen molar-refractivity contribution < 1.29 is 0 Å². The van der Waals surface area contributed by atoms with E-state index in [0.717, 1.165) is 6.42 Å². The van der Waals surface area contributed by atoms with Gasteiger partial charge in [-0.25, -0.2) is 4.99 Å². The van der Waals surface area contributed by atoms with Gasteiger partial charge in [0.25, 0.3) is 0 Å². The lowest BCUT2D eigenvalue weighted by molar-refractivity contribution is 0.814. The Morgan fingerprint density at radius 1 is 1.60 bits per heavy atom. The van der Waals surface area contributed by atoms with Gasteiger partial charge in [-0.3, -0.25) is 0 Å². The van der Waals surface area contributed by atoms with Crippen molar-refractivity contribution in [1.29, 1.82) is 0 Å². The second-order valence-electron chi connectivity index (χ2n) is 2.30. The third kappa shape index (κ3) is 7.21. The van der Waals surface area contributed by atoms with Gasteiger partial charge in [-0.1, -0.05) is 25.8 Å². The molecule has 0 bridgehead atoms. The van der Waals surface area contributed by atoms with E-state index in [0.29, 0.717) is 5.84 Å². The molecule has 0 heterocycles. The molecule has 0 saturated carbocycles. The number of rotatable bonds is 4. The molecular weight excluding hydrogens is 124 g/mol. The summed E-state index contributed by atoms with van der Waals surface area (Å²) in [6, 6.07) is 0. The molecule has 0 aromatic carbocycles. The van der Waals surface area contributed by atoms with E-state index >= 15 is 0 Å². The van der Waals surface area contributed by atoms with Crippen LogP contribution in [-0.2, 0) is 0 Å². The molecule has 0 aliphatic rings. The zero-order valence-corrected chi connectivity index (χ0v) is 6.80. The minimum absolute atomic E-state index is 0.618. The highest BCUT2D eigenvalue weighted by Crippen LogP contribution is 1.94. The molecule has 0 spiro atoms. The first-order valence-electron chi connectivity index (χ1n) is 3.72. The maximum atomic E-state index is 5.31. The molecule has 0 aliphatic carbocycles. The van der Waals surface area contributed by atoms with Gasteiger partial charge in [0.1, 0.15) is 0 Å². The van der Waals surface area contributed by atoms with Crippen LogP contribution in [-0.4, -0.2) is 5.84 Å². The Kier molecular flexibility index (Phi) is 5.83. The Balaban J connectivity index is 3.29. The van der Waals surface area contributed by atoms with Gasteiger partial charge in [0, 0.05) is 6.20 Å². The van der Waals surface area contributed by atoms with Gasteiger partial charge >= 0.3 is 0 Å². The number of allylic oxidation sites excluding steroid dienone is 1. The highest BCUT2D eigenvalue weighted by molar-refractivity contribution is 5.77. The molecule has 0 fully saturated rings. The van der Waals surface area contributed by atoms with Crippen LogP contribution < -0.4 is 5.73 Å². The third-order valence-corrected chi connectivity index (χ3v) is 1.11. The molecule has 58 valence electrons. The molecule has 0 aromatic rings. The molecule has 0 aromatic heterocycles. The van der Waals surface area contributed by atoms with Crippen molar-refractivity contribution in [3.8, 4) is 0 Å².